The zero-order valence-electron chi connectivity index (χ0n) is 19.7. The second kappa shape index (κ2) is 11.5. The molecule has 0 radical (unpaired) electrons. The lowest BCUT2D eigenvalue weighted by atomic mass is 9.88. The fourth-order valence-electron chi connectivity index (χ4n) is 4.28. The minimum absolute atomic E-state index is 0.0665. The Balaban J connectivity index is 1.50. The van der Waals surface area contributed by atoms with E-state index in [0.29, 0.717) is 31.9 Å². The van der Waals surface area contributed by atoms with Gasteiger partial charge in [-0.3, -0.25) is 4.79 Å². The molecule has 35 heavy (non-hydrogen) atoms. The third-order valence-corrected chi connectivity index (χ3v) is 8.04. The number of rotatable bonds is 9. The summed E-state index contributed by atoms with van der Waals surface area (Å²) in [4.78, 5) is 13.2. The van der Waals surface area contributed by atoms with Gasteiger partial charge in [0.2, 0.25) is 10.0 Å². The van der Waals surface area contributed by atoms with Gasteiger partial charge >= 0.3 is 0 Å². The average molecular weight is 495 g/mol. The first kappa shape index (κ1) is 24.9. The van der Waals surface area contributed by atoms with Crippen LogP contribution in [0.1, 0.15) is 33.8 Å². The van der Waals surface area contributed by atoms with Crippen LogP contribution in [0.15, 0.2) is 83.8 Å². The van der Waals surface area contributed by atoms with Gasteiger partial charge in [-0.05, 0) is 35.7 Å². The summed E-state index contributed by atoms with van der Waals surface area (Å²) in [5.74, 6) is 0.0690. The largest absolute Gasteiger partial charge is 0.496 e. The lowest BCUT2D eigenvalue weighted by Gasteiger charge is -2.26. The summed E-state index contributed by atoms with van der Waals surface area (Å²) >= 11 is 0. The van der Waals surface area contributed by atoms with Crippen LogP contribution in [0.5, 0.6) is 5.75 Å². The van der Waals surface area contributed by atoms with Crippen molar-refractivity contribution in [2.75, 3.05) is 40.0 Å². The van der Waals surface area contributed by atoms with Crippen molar-refractivity contribution >= 4 is 15.9 Å². The van der Waals surface area contributed by atoms with E-state index in [2.05, 4.69) is 29.6 Å². The zero-order chi connectivity index (χ0) is 24.7. The number of nitrogens with one attached hydrogen (secondary N) is 1. The molecule has 4 rings (SSSR count). The summed E-state index contributed by atoms with van der Waals surface area (Å²) in [5.41, 5.74) is 2.53. The SMILES string of the molecule is COc1ccc(S(=O)(=O)N2CCOCC2)cc1C(=O)NCCC(c1ccccc1)c1ccccc1. The highest BCUT2D eigenvalue weighted by molar-refractivity contribution is 7.89. The number of carbonyl (C=O) groups excluding carboxylic acids is 1. The van der Waals surface area contributed by atoms with Crippen molar-refractivity contribution in [2.24, 2.45) is 0 Å². The quantitative estimate of drug-likeness (QED) is 0.491. The van der Waals surface area contributed by atoms with Gasteiger partial charge in [0.1, 0.15) is 5.75 Å². The molecule has 0 atom stereocenters. The molecular weight excluding hydrogens is 464 g/mol. The molecule has 1 aliphatic heterocycles. The van der Waals surface area contributed by atoms with E-state index in [0.717, 1.165) is 0 Å². The zero-order valence-corrected chi connectivity index (χ0v) is 20.5. The van der Waals surface area contributed by atoms with Crippen molar-refractivity contribution in [1.82, 2.24) is 9.62 Å². The van der Waals surface area contributed by atoms with Crippen LogP contribution in [0.2, 0.25) is 0 Å². The highest BCUT2D eigenvalue weighted by Crippen LogP contribution is 2.28. The van der Waals surface area contributed by atoms with E-state index < -0.39 is 10.0 Å². The summed E-state index contributed by atoms with van der Waals surface area (Å²) < 4.78 is 38.2. The van der Waals surface area contributed by atoms with Crippen LogP contribution in [-0.4, -0.2) is 58.6 Å². The predicted molar refractivity (Wildman–Crippen MR) is 134 cm³/mol. The molecule has 0 spiro atoms. The van der Waals surface area contributed by atoms with Gasteiger partial charge in [-0.1, -0.05) is 60.7 Å². The standard InChI is InChI=1S/C27H30N2O5S/c1-33-26-13-12-23(35(31,32)29-16-18-34-19-17-29)20-25(26)27(30)28-15-14-24(21-8-4-2-5-9-21)22-10-6-3-7-11-22/h2-13,20,24H,14-19H2,1H3,(H,28,30). The Labute approximate surface area is 206 Å². The van der Waals surface area contributed by atoms with Crippen LogP contribution in [0.25, 0.3) is 0 Å². The summed E-state index contributed by atoms with van der Waals surface area (Å²) in [6.07, 6.45) is 0.688. The van der Waals surface area contributed by atoms with E-state index in [1.807, 2.05) is 36.4 Å². The molecule has 1 saturated heterocycles. The van der Waals surface area contributed by atoms with Crippen LogP contribution < -0.4 is 10.1 Å². The van der Waals surface area contributed by atoms with E-state index in [1.165, 1.54) is 40.7 Å². The molecule has 0 saturated carbocycles. The molecular formula is C27H30N2O5S. The predicted octanol–water partition coefficient (Wildman–Crippen LogP) is 3.67. The minimum Gasteiger partial charge on any atom is -0.496 e. The monoisotopic (exact) mass is 494 g/mol. The van der Waals surface area contributed by atoms with E-state index >= 15 is 0 Å². The van der Waals surface area contributed by atoms with E-state index in [1.54, 1.807) is 0 Å². The van der Waals surface area contributed by atoms with Gasteiger partial charge < -0.3 is 14.8 Å². The molecule has 0 aromatic heterocycles. The molecule has 3 aromatic rings. The van der Waals surface area contributed by atoms with Crippen molar-refractivity contribution in [3.8, 4) is 5.75 Å². The van der Waals surface area contributed by atoms with Gasteiger partial charge in [0.15, 0.2) is 0 Å². The number of methoxy groups -OCH3 is 1. The maximum absolute atomic E-state index is 13.1. The summed E-state index contributed by atoms with van der Waals surface area (Å²) in [6.45, 7) is 1.70. The molecule has 7 nitrogen and oxygen atoms in total. The van der Waals surface area contributed by atoms with Crippen LogP contribution in [0.3, 0.4) is 0 Å². The third-order valence-electron chi connectivity index (χ3n) is 6.15. The Morgan fingerprint density at radius 1 is 0.971 bits per heavy atom. The number of nitrogens with zero attached hydrogens (tertiary/aromatic N) is 1. The van der Waals surface area contributed by atoms with Gasteiger partial charge in [-0.2, -0.15) is 4.31 Å². The maximum atomic E-state index is 13.1. The highest BCUT2D eigenvalue weighted by Gasteiger charge is 2.28. The first-order chi connectivity index (χ1) is 17.0. The molecule has 1 aliphatic rings. The fourth-order valence-corrected chi connectivity index (χ4v) is 5.72. The molecule has 0 unspecified atom stereocenters. The van der Waals surface area contributed by atoms with Crippen molar-refractivity contribution in [2.45, 2.75) is 17.2 Å². The smallest absolute Gasteiger partial charge is 0.255 e. The van der Waals surface area contributed by atoms with Crippen LogP contribution in [0, 0.1) is 0 Å². The van der Waals surface area contributed by atoms with Crippen molar-refractivity contribution in [3.63, 3.8) is 0 Å². The normalized spacial score (nSPS) is 14.6. The van der Waals surface area contributed by atoms with Crippen LogP contribution >= 0.6 is 0 Å². The Kier molecular flexibility index (Phi) is 8.17. The van der Waals surface area contributed by atoms with Gasteiger partial charge in [-0.25, -0.2) is 8.42 Å². The van der Waals surface area contributed by atoms with E-state index in [9.17, 15) is 13.2 Å². The molecule has 1 heterocycles. The second-order valence-electron chi connectivity index (χ2n) is 8.30. The van der Waals surface area contributed by atoms with Crippen LogP contribution in [0.4, 0.5) is 0 Å². The molecule has 0 aliphatic carbocycles. The maximum Gasteiger partial charge on any atom is 0.255 e. The van der Waals surface area contributed by atoms with Crippen molar-refractivity contribution in [3.05, 3.63) is 95.6 Å². The number of morpholine rings is 1. The number of hydrogen-bond acceptors (Lipinski definition) is 5. The fraction of sp³-hybridized carbons (Fsp3) is 0.296. The minimum atomic E-state index is -3.73. The highest BCUT2D eigenvalue weighted by atomic mass is 32.2. The molecule has 3 aromatic carbocycles. The molecule has 0 bridgehead atoms. The van der Waals surface area contributed by atoms with Crippen molar-refractivity contribution in [1.29, 1.82) is 0 Å². The van der Waals surface area contributed by atoms with Crippen molar-refractivity contribution < 1.29 is 22.7 Å². The average Bonchev–Trinajstić information content (AvgIpc) is 2.92. The molecule has 1 fully saturated rings. The lowest BCUT2D eigenvalue weighted by Crippen LogP contribution is -2.40. The number of benzene rings is 3. The van der Waals surface area contributed by atoms with Gasteiger partial charge in [0.25, 0.3) is 5.91 Å². The summed E-state index contributed by atoms with van der Waals surface area (Å²) in [5, 5.41) is 2.95. The Morgan fingerprint density at radius 3 is 2.14 bits per heavy atom. The second-order valence-corrected chi connectivity index (χ2v) is 10.2. The third kappa shape index (κ3) is 5.90. The Hall–Kier alpha value is -3.20. The van der Waals surface area contributed by atoms with E-state index in [4.69, 9.17) is 9.47 Å². The Bertz CT molecular complexity index is 1190. The number of sulfonamides is 1. The van der Waals surface area contributed by atoms with Gasteiger partial charge in [-0.15, -0.1) is 0 Å². The first-order valence-electron chi connectivity index (χ1n) is 11.6. The van der Waals surface area contributed by atoms with Gasteiger partial charge in [0, 0.05) is 25.6 Å². The lowest BCUT2D eigenvalue weighted by molar-refractivity contribution is 0.0730. The van der Waals surface area contributed by atoms with Crippen LogP contribution in [-0.2, 0) is 14.8 Å². The van der Waals surface area contributed by atoms with E-state index in [-0.39, 0.29) is 35.4 Å². The summed E-state index contributed by atoms with van der Waals surface area (Å²) in [6, 6.07) is 24.7. The molecule has 184 valence electrons. The number of amides is 1. The summed E-state index contributed by atoms with van der Waals surface area (Å²) in [7, 11) is -2.27. The molecule has 8 heteroatoms. The first-order valence-corrected chi connectivity index (χ1v) is 13.1. The number of carbonyl (C=O) groups is 1. The van der Waals surface area contributed by atoms with Gasteiger partial charge in [0.05, 0.1) is 30.8 Å². The molecule has 1 N–H and O–H groups in total. The topological polar surface area (TPSA) is 84.9 Å². The number of hydrogen-bond donors (Lipinski definition) is 1. The Morgan fingerprint density at radius 2 is 1.57 bits per heavy atom. The number of ether oxygens (including phenoxy) is 2. The molecule has 1 amide bonds.